The zero-order chi connectivity index (χ0) is 11.7. The lowest BCUT2D eigenvalue weighted by atomic mass is 10.2. The molecule has 1 aromatic heterocycles. The summed E-state index contributed by atoms with van der Waals surface area (Å²) in [7, 11) is 0. The number of nitrogens with two attached hydrogens (primary N) is 2. The van der Waals surface area contributed by atoms with Crippen LogP contribution in [0.3, 0.4) is 0 Å². The van der Waals surface area contributed by atoms with Crippen LogP contribution in [0.25, 0.3) is 10.9 Å². The van der Waals surface area contributed by atoms with Crippen LogP contribution in [0.1, 0.15) is 12.7 Å². The van der Waals surface area contributed by atoms with Crippen LogP contribution in [0, 0.1) is 0 Å². The van der Waals surface area contributed by atoms with E-state index >= 15 is 0 Å². The molecule has 0 saturated carbocycles. The van der Waals surface area contributed by atoms with Gasteiger partial charge < -0.3 is 11.5 Å². The molecule has 0 saturated heterocycles. The number of nitrogens with zero attached hydrogens (tertiary/aromatic N) is 2. The summed E-state index contributed by atoms with van der Waals surface area (Å²) in [4.78, 5) is 8.58. The van der Waals surface area contributed by atoms with Gasteiger partial charge in [-0.15, -0.1) is 0 Å². The maximum absolute atomic E-state index is 6.06. The summed E-state index contributed by atoms with van der Waals surface area (Å²) < 4.78 is 0. The van der Waals surface area contributed by atoms with Gasteiger partial charge in [-0.2, -0.15) is 0 Å². The Kier molecular flexibility index (Phi) is 2.94. The zero-order valence-corrected chi connectivity index (χ0v) is 9.70. The number of para-hydroxylation sites is 1. The second-order valence-electron chi connectivity index (χ2n) is 3.84. The summed E-state index contributed by atoms with van der Waals surface area (Å²) in [5.74, 6) is 1.08. The molecule has 0 aliphatic carbocycles. The molecule has 1 atom stereocenters. The van der Waals surface area contributed by atoms with Gasteiger partial charge >= 0.3 is 0 Å². The number of nitrogen functional groups attached to an aromatic ring is 1. The third kappa shape index (κ3) is 2.08. The monoisotopic (exact) mass is 236 g/mol. The van der Waals surface area contributed by atoms with Gasteiger partial charge in [-0.3, -0.25) is 0 Å². The maximum Gasteiger partial charge on any atom is 0.135 e. The minimum absolute atomic E-state index is 0.000613. The average molecular weight is 237 g/mol. The highest BCUT2D eigenvalue weighted by molar-refractivity contribution is 6.35. The van der Waals surface area contributed by atoms with Crippen LogP contribution in [0.15, 0.2) is 18.2 Å². The first-order valence-electron chi connectivity index (χ1n) is 5.04. The standard InChI is InChI=1S/C11H13ClN4/c1-6(13)5-9-15-10-7(11(14)16-9)3-2-4-8(10)12/h2-4,6H,5,13H2,1H3,(H2,14,15,16). The average Bonchev–Trinajstić information content (AvgIpc) is 2.19. The first kappa shape index (κ1) is 11.1. The molecule has 4 N–H and O–H groups in total. The topological polar surface area (TPSA) is 77.8 Å². The fourth-order valence-corrected chi connectivity index (χ4v) is 1.79. The van der Waals surface area contributed by atoms with Gasteiger partial charge in [0, 0.05) is 17.8 Å². The molecule has 1 aromatic carbocycles. The van der Waals surface area contributed by atoms with E-state index in [0.717, 1.165) is 5.39 Å². The summed E-state index contributed by atoms with van der Waals surface area (Å²) in [6.45, 7) is 1.90. The van der Waals surface area contributed by atoms with Crippen LogP contribution in [0.5, 0.6) is 0 Å². The molecular formula is C11H13ClN4. The van der Waals surface area contributed by atoms with Gasteiger partial charge in [0.1, 0.15) is 11.6 Å². The summed E-state index contributed by atoms with van der Waals surface area (Å²) in [5.41, 5.74) is 12.2. The molecule has 0 amide bonds. The molecule has 0 bridgehead atoms. The van der Waals surface area contributed by atoms with Crippen molar-refractivity contribution in [2.45, 2.75) is 19.4 Å². The minimum Gasteiger partial charge on any atom is -0.383 e. The number of hydrogen-bond acceptors (Lipinski definition) is 4. The quantitative estimate of drug-likeness (QED) is 0.833. The van der Waals surface area contributed by atoms with Gasteiger partial charge in [-0.25, -0.2) is 9.97 Å². The van der Waals surface area contributed by atoms with Gasteiger partial charge in [-0.1, -0.05) is 17.7 Å². The second kappa shape index (κ2) is 4.23. The lowest BCUT2D eigenvalue weighted by Crippen LogP contribution is -2.19. The summed E-state index contributed by atoms with van der Waals surface area (Å²) in [6.07, 6.45) is 0.589. The smallest absolute Gasteiger partial charge is 0.135 e. The molecular weight excluding hydrogens is 224 g/mol. The van der Waals surface area contributed by atoms with Gasteiger partial charge in [0.2, 0.25) is 0 Å². The van der Waals surface area contributed by atoms with E-state index in [1.54, 1.807) is 6.07 Å². The zero-order valence-electron chi connectivity index (χ0n) is 8.94. The van der Waals surface area contributed by atoms with Gasteiger partial charge in [-0.05, 0) is 19.1 Å². The highest BCUT2D eigenvalue weighted by Gasteiger charge is 2.08. The van der Waals surface area contributed by atoms with E-state index in [-0.39, 0.29) is 6.04 Å². The van der Waals surface area contributed by atoms with Crippen LogP contribution in [-0.2, 0) is 6.42 Å². The van der Waals surface area contributed by atoms with E-state index in [4.69, 9.17) is 23.1 Å². The molecule has 4 nitrogen and oxygen atoms in total. The van der Waals surface area contributed by atoms with Crippen molar-refractivity contribution in [3.05, 3.63) is 29.0 Å². The van der Waals surface area contributed by atoms with E-state index in [2.05, 4.69) is 9.97 Å². The molecule has 2 aromatic rings. The number of fused-ring (bicyclic) bond motifs is 1. The molecule has 1 heterocycles. The van der Waals surface area contributed by atoms with Crippen LogP contribution in [-0.4, -0.2) is 16.0 Å². The normalized spacial score (nSPS) is 12.9. The lowest BCUT2D eigenvalue weighted by Gasteiger charge is -2.08. The van der Waals surface area contributed by atoms with Crippen molar-refractivity contribution < 1.29 is 0 Å². The highest BCUT2D eigenvalue weighted by atomic mass is 35.5. The van der Waals surface area contributed by atoms with Crippen LogP contribution in [0.2, 0.25) is 5.02 Å². The van der Waals surface area contributed by atoms with Gasteiger partial charge in [0.15, 0.2) is 0 Å². The molecule has 0 aliphatic heterocycles. The number of anilines is 1. The highest BCUT2D eigenvalue weighted by Crippen LogP contribution is 2.24. The van der Waals surface area contributed by atoms with Gasteiger partial charge in [0.25, 0.3) is 0 Å². The summed E-state index contributed by atoms with van der Waals surface area (Å²) in [5, 5.41) is 1.36. The van der Waals surface area contributed by atoms with Crippen molar-refractivity contribution in [1.82, 2.24) is 9.97 Å². The predicted octanol–water partition coefficient (Wildman–Crippen LogP) is 1.76. The largest absolute Gasteiger partial charge is 0.383 e. The van der Waals surface area contributed by atoms with E-state index in [0.29, 0.717) is 28.6 Å². The number of rotatable bonds is 2. The molecule has 16 heavy (non-hydrogen) atoms. The van der Waals surface area contributed by atoms with E-state index < -0.39 is 0 Å². The van der Waals surface area contributed by atoms with E-state index in [1.807, 2.05) is 19.1 Å². The number of aromatic nitrogens is 2. The Morgan fingerprint density at radius 2 is 2.12 bits per heavy atom. The Morgan fingerprint density at radius 1 is 1.38 bits per heavy atom. The van der Waals surface area contributed by atoms with Crippen molar-refractivity contribution in [2.75, 3.05) is 5.73 Å². The van der Waals surface area contributed by atoms with Crippen molar-refractivity contribution >= 4 is 28.3 Å². The summed E-state index contributed by atoms with van der Waals surface area (Å²) >= 11 is 6.06. The predicted molar refractivity (Wildman–Crippen MR) is 66.3 cm³/mol. The molecule has 5 heteroatoms. The SMILES string of the molecule is CC(N)Cc1nc(N)c2cccc(Cl)c2n1. The number of hydrogen-bond donors (Lipinski definition) is 2. The van der Waals surface area contributed by atoms with Crippen LogP contribution in [0.4, 0.5) is 5.82 Å². The lowest BCUT2D eigenvalue weighted by molar-refractivity contribution is 0.706. The number of halogens is 1. The first-order valence-corrected chi connectivity index (χ1v) is 5.42. The van der Waals surface area contributed by atoms with Crippen molar-refractivity contribution in [3.8, 4) is 0 Å². The van der Waals surface area contributed by atoms with E-state index in [1.165, 1.54) is 0 Å². The van der Waals surface area contributed by atoms with Crippen molar-refractivity contribution in [2.24, 2.45) is 5.73 Å². The molecule has 2 rings (SSSR count). The van der Waals surface area contributed by atoms with Crippen molar-refractivity contribution in [1.29, 1.82) is 0 Å². The molecule has 0 fully saturated rings. The maximum atomic E-state index is 6.06. The molecule has 0 aliphatic rings. The van der Waals surface area contributed by atoms with Crippen molar-refractivity contribution in [3.63, 3.8) is 0 Å². The van der Waals surface area contributed by atoms with Crippen LogP contribution < -0.4 is 11.5 Å². The third-order valence-corrected chi connectivity index (χ3v) is 2.56. The van der Waals surface area contributed by atoms with Crippen LogP contribution >= 0.6 is 11.6 Å². The Hall–Kier alpha value is -1.39. The Bertz CT molecular complexity index is 525. The number of benzene rings is 1. The second-order valence-corrected chi connectivity index (χ2v) is 4.25. The molecule has 0 radical (unpaired) electrons. The van der Waals surface area contributed by atoms with Gasteiger partial charge in [0.05, 0.1) is 10.5 Å². The Balaban J connectivity index is 2.61. The fourth-order valence-electron chi connectivity index (χ4n) is 1.57. The Morgan fingerprint density at radius 3 is 2.81 bits per heavy atom. The molecule has 1 unspecified atom stereocenters. The van der Waals surface area contributed by atoms with E-state index in [9.17, 15) is 0 Å². The third-order valence-electron chi connectivity index (χ3n) is 2.26. The summed E-state index contributed by atoms with van der Waals surface area (Å²) in [6, 6.07) is 5.47. The molecule has 0 spiro atoms. The Labute approximate surface area is 98.6 Å². The first-order chi connectivity index (χ1) is 7.58. The minimum atomic E-state index is -0.000613. The fraction of sp³-hybridized carbons (Fsp3) is 0.273. The molecule has 84 valence electrons.